The topological polar surface area (TPSA) is 24.4 Å². The molecule has 3 unspecified atom stereocenters. The van der Waals surface area contributed by atoms with Gasteiger partial charge < -0.3 is 5.32 Å². The summed E-state index contributed by atoms with van der Waals surface area (Å²) in [5.41, 5.74) is 0. The minimum atomic E-state index is 0.729. The molecule has 0 bridgehead atoms. The number of amidine groups is 1. The van der Waals surface area contributed by atoms with E-state index in [0.29, 0.717) is 0 Å². The summed E-state index contributed by atoms with van der Waals surface area (Å²) in [6.07, 6.45) is 5.62. The van der Waals surface area contributed by atoms with E-state index in [-0.39, 0.29) is 0 Å². The number of aliphatic imine (C=N–C) groups is 1. The Morgan fingerprint density at radius 3 is 3.00 bits per heavy atom. The maximum absolute atomic E-state index is 4.83. The number of thioether (sulfide) groups is 3. The first-order chi connectivity index (χ1) is 8.92. The Morgan fingerprint density at radius 2 is 2.11 bits per heavy atom. The van der Waals surface area contributed by atoms with Crippen molar-refractivity contribution in [2.45, 2.75) is 37.0 Å². The Kier molecular flexibility index (Phi) is 5.10. The molecule has 2 aliphatic heterocycles. The number of fused-ring (bicyclic) bond motifs is 1. The fourth-order valence-corrected chi connectivity index (χ4v) is 6.65. The molecule has 18 heavy (non-hydrogen) atoms. The van der Waals surface area contributed by atoms with Crippen LogP contribution in [0.2, 0.25) is 0 Å². The van der Waals surface area contributed by atoms with Crippen LogP contribution in [-0.4, -0.2) is 46.0 Å². The third-order valence-corrected chi connectivity index (χ3v) is 7.92. The molecule has 0 aromatic heterocycles. The highest BCUT2D eigenvalue weighted by molar-refractivity contribution is 8.13. The number of hydrogen-bond donors (Lipinski definition) is 1. The fraction of sp³-hybridized carbons (Fsp3) is 0.923. The van der Waals surface area contributed by atoms with Crippen molar-refractivity contribution in [3.8, 4) is 0 Å². The van der Waals surface area contributed by atoms with E-state index in [0.717, 1.165) is 23.8 Å². The zero-order valence-corrected chi connectivity index (χ0v) is 13.2. The van der Waals surface area contributed by atoms with Gasteiger partial charge in [0, 0.05) is 34.3 Å². The van der Waals surface area contributed by atoms with Gasteiger partial charge in [0.2, 0.25) is 0 Å². The summed E-state index contributed by atoms with van der Waals surface area (Å²) in [7, 11) is 0. The van der Waals surface area contributed by atoms with Crippen LogP contribution in [0.25, 0.3) is 0 Å². The SMILES string of the molecule is C1CCC2NC(=NCC3CSCCS3)SCC2C1. The monoisotopic (exact) mass is 302 g/mol. The molecule has 102 valence electrons. The number of hydrogen-bond acceptors (Lipinski definition) is 4. The average Bonchev–Trinajstić information content (AvgIpc) is 2.46. The summed E-state index contributed by atoms with van der Waals surface area (Å²) < 4.78 is 0. The molecular weight excluding hydrogens is 280 g/mol. The van der Waals surface area contributed by atoms with Gasteiger partial charge in [-0.05, 0) is 18.8 Å². The maximum atomic E-state index is 4.83. The molecule has 3 rings (SSSR count). The van der Waals surface area contributed by atoms with Crippen LogP contribution in [0.4, 0.5) is 0 Å². The Morgan fingerprint density at radius 1 is 1.17 bits per heavy atom. The minimum Gasteiger partial charge on any atom is -0.362 e. The maximum Gasteiger partial charge on any atom is 0.156 e. The van der Waals surface area contributed by atoms with Gasteiger partial charge in [-0.3, -0.25) is 4.99 Å². The van der Waals surface area contributed by atoms with Crippen LogP contribution in [0.1, 0.15) is 25.7 Å². The molecule has 0 spiro atoms. The molecule has 2 heterocycles. The minimum absolute atomic E-state index is 0.729. The predicted molar refractivity (Wildman–Crippen MR) is 87.2 cm³/mol. The average molecular weight is 303 g/mol. The molecule has 5 heteroatoms. The normalized spacial score (nSPS) is 39.1. The zero-order chi connectivity index (χ0) is 12.2. The highest BCUT2D eigenvalue weighted by Crippen LogP contribution is 2.32. The van der Waals surface area contributed by atoms with Crippen LogP contribution in [0, 0.1) is 5.92 Å². The van der Waals surface area contributed by atoms with Crippen LogP contribution in [0.5, 0.6) is 0 Å². The van der Waals surface area contributed by atoms with E-state index >= 15 is 0 Å². The van der Waals surface area contributed by atoms with Gasteiger partial charge in [-0.2, -0.15) is 23.5 Å². The van der Waals surface area contributed by atoms with Crippen molar-refractivity contribution in [1.29, 1.82) is 0 Å². The van der Waals surface area contributed by atoms with Crippen LogP contribution in [0.3, 0.4) is 0 Å². The van der Waals surface area contributed by atoms with E-state index in [1.807, 2.05) is 11.8 Å². The van der Waals surface area contributed by atoms with Gasteiger partial charge in [0.25, 0.3) is 0 Å². The largest absolute Gasteiger partial charge is 0.362 e. The van der Waals surface area contributed by atoms with Crippen molar-refractivity contribution in [3.63, 3.8) is 0 Å². The van der Waals surface area contributed by atoms with Crippen molar-refractivity contribution >= 4 is 40.5 Å². The molecule has 1 aliphatic carbocycles. The van der Waals surface area contributed by atoms with E-state index in [9.17, 15) is 0 Å². The van der Waals surface area contributed by atoms with Crippen molar-refractivity contribution in [2.24, 2.45) is 10.9 Å². The van der Waals surface area contributed by atoms with Gasteiger partial charge in [0.15, 0.2) is 5.17 Å². The van der Waals surface area contributed by atoms with Crippen molar-refractivity contribution < 1.29 is 0 Å². The van der Waals surface area contributed by atoms with Crippen LogP contribution in [0.15, 0.2) is 4.99 Å². The van der Waals surface area contributed by atoms with E-state index in [2.05, 4.69) is 28.8 Å². The number of nitrogens with zero attached hydrogens (tertiary/aromatic N) is 1. The third kappa shape index (κ3) is 3.54. The van der Waals surface area contributed by atoms with E-state index < -0.39 is 0 Å². The second-order valence-corrected chi connectivity index (χ2v) is 8.89. The smallest absolute Gasteiger partial charge is 0.156 e. The molecule has 1 saturated carbocycles. The van der Waals surface area contributed by atoms with Crippen LogP contribution >= 0.6 is 35.3 Å². The fourth-order valence-electron chi connectivity index (χ4n) is 2.90. The Labute approximate surface area is 123 Å². The Hall–Kier alpha value is 0.520. The highest BCUT2D eigenvalue weighted by atomic mass is 32.2. The first kappa shape index (κ1) is 13.5. The van der Waals surface area contributed by atoms with E-state index in [4.69, 9.17) is 4.99 Å². The predicted octanol–water partition coefficient (Wildman–Crippen LogP) is 3.09. The lowest BCUT2D eigenvalue weighted by Crippen LogP contribution is -2.46. The first-order valence-corrected chi connectivity index (χ1v) is 10.2. The molecule has 0 aromatic rings. The second kappa shape index (κ2) is 6.80. The summed E-state index contributed by atoms with van der Waals surface area (Å²) in [4.78, 5) is 4.83. The zero-order valence-electron chi connectivity index (χ0n) is 10.8. The third-order valence-electron chi connectivity index (χ3n) is 3.98. The molecule has 0 radical (unpaired) electrons. The molecule has 1 N–H and O–H groups in total. The van der Waals surface area contributed by atoms with Crippen LogP contribution < -0.4 is 5.32 Å². The van der Waals surface area contributed by atoms with Crippen LogP contribution in [-0.2, 0) is 0 Å². The molecule has 3 aliphatic rings. The lowest BCUT2D eigenvalue weighted by atomic mass is 9.86. The van der Waals surface area contributed by atoms with Gasteiger partial charge in [-0.25, -0.2) is 0 Å². The molecule has 0 aromatic carbocycles. The summed E-state index contributed by atoms with van der Waals surface area (Å²) in [6, 6.07) is 0.729. The Balaban J connectivity index is 1.50. The van der Waals surface area contributed by atoms with Gasteiger partial charge in [0.1, 0.15) is 0 Å². The van der Waals surface area contributed by atoms with Gasteiger partial charge in [-0.15, -0.1) is 0 Å². The van der Waals surface area contributed by atoms with E-state index in [1.54, 1.807) is 0 Å². The molecule has 3 atom stereocenters. The van der Waals surface area contributed by atoms with Gasteiger partial charge in [0.05, 0.1) is 6.54 Å². The van der Waals surface area contributed by atoms with Crippen molar-refractivity contribution in [3.05, 3.63) is 0 Å². The quantitative estimate of drug-likeness (QED) is 0.847. The molecule has 0 amide bonds. The summed E-state index contributed by atoms with van der Waals surface area (Å²) >= 11 is 6.16. The van der Waals surface area contributed by atoms with Crippen molar-refractivity contribution in [1.82, 2.24) is 5.32 Å². The first-order valence-electron chi connectivity index (χ1n) is 7.05. The lowest BCUT2D eigenvalue weighted by Gasteiger charge is -2.37. The van der Waals surface area contributed by atoms with Gasteiger partial charge >= 0.3 is 0 Å². The number of nitrogens with one attached hydrogen (secondary N) is 1. The molecular formula is C13H22N2S3. The second-order valence-electron chi connectivity index (χ2n) is 5.32. The number of rotatable bonds is 2. The summed E-state index contributed by atoms with van der Waals surface area (Å²) in [6.45, 7) is 1.02. The highest BCUT2D eigenvalue weighted by Gasteiger charge is 2.30. The molecule has 2 nitrogen and oxygen atoms in total. The summed E-state index contributed by atoms with van der Waals surface area (Å²) in [5, 5.41) is 5.68. The molecule has 2 saturated heterocycles. The Bertz CT molecular complexity index is 303. The van der Waals surface area contributed by atoms with Crippen molar-refractivity contribution in [2.75, 3.05) is 29.6 Å². The summed E-state index contributed by atoms with van der Waals surface area (Å²) in [5.74, 6) is 6.13. The standard InChI is InChI=1S/C13H22N2S3/c1-2-4-12-10(3-1)8-18-13(15-12)14-7-11-9-16-5-6-17-11/h10-12H,1-9H2,(H,14,15). The molecule has 3 fully saturated rings. The lowest BCUT2D eigenvalue weighted by molar-refractivity contribution is 0.311. The van der Waals surface area contributed by atoms with E-state index in [1.165, 1.54) is 53.9 Å². The van der Waals surface area contributed by atoms with Gasteiger partial charge in [-0.1, -0.05) is 24.6 Å².